The summed E-state index contributed by atoms with van der Waals surface area (Å²) < 4.78 is 37.9. The molecule has 1 aliphatic heterocycles. The van der Waals surface area contributed by atoms with E-state index < -0.39 is 23.5 Å². The van der Waals surface area contributed by atoms with Gasteiger partial charge in [0.15, 0.2) is 0 Å². The van der Waals surface area contributed by atoms with Crippen molar-refractivity contribution in [3.63, 3.8) is 0 Å². The van der Waals surface area contributed by atoms with E-state index in [1.165, 1.54) is 18.7 Å². The predicted octanol–water partition coefficient (Wildman–Crippen LogP) is 1.98. The van der Waals surface area contributed by atoms with Crippen molar-refractivity contribution in [2.75, 3.05) is 13.1 Å². The lowest BCUT2D eigenvalue weighted by Gasteiger charge is -2.44. The van der Waals surface area contributed by atoms with E-state index in [0.29, 0.717) is 0 Å². The third-order valence-corrected chi connectivity index (χ3v) is 2.94. The van der Waals surface area contributed by atoms with Crippen molar-refractivity contribution in [3.05, 3.63) is 0 Å². The molecule has 3 nitrogen and oxygen atoms in total. The van der Waals surface area contributed by atoms with Gasteiger partial charge in [0.1, 0.15) is 0 Å². The second-order valence-corrected chi connectivity index (χ2v) is 4.63. The summed E-state index contributed by atoms with van der Waals surface area (Å²) in [7, 11) is 0. The van der Waals surface area contributed by atoms with Gasteiger partial charge in [-0.3, -0.25) is 0 Å². The van der Waals surface area contributed by atoms with Crippen LogP contribution in [-0.4, -0.2) is 30.2 Å². The summed E-state index contributed by atoms with van der Waals surface area (Å²) in [5, 5.41) is 0. The third kappa shape index (κ3) is 2.54. The molecule has 1 unspecified atom stereocenters. The number of nitrogens with two attached hydrogens (primary N) is 1. The van der Waals surface area contributed by atoms with Crippen LogP contribution in [0.15, 0.2) is 0 Å². The number of carbonyl (C=O) groups is 1. The number of amides is 2. The van der Waals surface area contributed by atoms with Gasteiger partial charge in [0.2, 0.25) is 0 Å². The maximum absolute atomic E-state index is 12.6. The molecule has 1 fully saturated rings. The van der Waals surface area contributed by atoms with Gasteiger partial charge in [-0.25, -0.2) is 4.79 Å². The van der Waals surface area contributed by atoms with Crippen LogP contribution in [0.2, 0.25) is 0 Å². The number of piperidine rings is 1. The molecule has 0 aliphatic carbocycles. The van der Waals surface area contributed by atoms with E-state index in [1.54, 1.807) is 0 Å². The van der Waals surface area contributed by atoms with Crippen molar-refractivity contribution >= 4 is 6.03 Å². The molecule has 0 aromatic heterocycles. The van der Waals surface area contributed by atoms with Crippen molar-refractivity contribution in [2.24, 2.45) is 17.1 Å². The molecule has 0 aromatic rings. The summed E-state index contributed by atoms with van der Waals surface area (Å²) in [6.45, 7) is 3.18. The first-order valence-electron chi connectivity index (χ1n) is 4.75. The zero-order chi connectivity index (χ0) is 11.9. The molecule has 1 saturated heterocycles. The molecular weight excluding hydrogens is 209 g/mol. The van der Waals surface area contributed by atoms with Gasteiger partial charge < -0.3 is 10.6 Å². The quantitative estimate of drug-likeness (QED) is 0.671. The summed E-state index contributed by atoms with van der Waals surface area (Å²) in [5.41, 5.74) is 4.08. The first-order chi connectivity index (χ1) is 6.64. The van der Waals surface area contributed by atoms with E-state index >= 15 is 0 Å². The Morgan fingerprint density at radius 3 is 2.33 bits per heavy atom. The molecule has 0 spiro atoms. The molecule has 0 saturated carbocycles. The minimum Gasteiger partial charge on any atom is -0.351 e. The number of nitrogens with zero attached hydrogens (tertiary/aromatic N) is 1. The summed E-state index contributed by atoms with van der Waals surface area (Å²) >= 11 is 0. The Labute approximate surface area is 86.4 Å². The van der Waals surface area contributed by atoms with Crippen molar-refractivity contribution < 1.29 is 18.0 Å². The lowest BCUT2D eigenvalue weighted by molar-refractivity contribution is -0.214. The number of urea groups is 1. The van der Waals surface area contributed by atoms with E-state index in [-0.39, 0.29) is 19.5 Å². The highest BCUT2D eigenvalue weighted by Gasteiger charge is 2.51. The number of likely N-dealkylation sites (tertiary alicyclic amines) is 1. The summed E-state index contributed by atoms with van der Waals surface area (Å²) in [4.78, 5) is 12.1. The van der Waals surface area contributed by atoms with E-state index in [9.17, 15) is 18.0 Å². The molecule has 6 heteroatoms. The highest BCUT2D eigenvalue weighted by atomic mass is 19.4. The van der Waals surface area contributed by atoms with Crippen molar-refractivity contribution in [3.8, 4) is 0 Å². The fourth-order valence-electron chi connectivity index (χ4n) is 2.15. The highest BCUT2D eigenvalue weighted by Crippen LogP contribution is 2.44. The van der Waals surface area contributed by atoms with Crippen molar-refractivity contribution in [1.29, 1.82) is 0 Å². The fourth-order valence-corrected chi connectivity index (χ4v) is 2.15. The number of hydrogen-bond donors (Lipinski definition) is 1. The van der Waals surface area contributed by atoms with E-state index in [0.717, 1.165) is 0 Å². The highest BCUT2D eigenvalue weighted by molar-refractivity contribution is 5.72. The Morgan fingerprint density at radius 1 is 1.47 bits per heavy atom. The van der Waals surface area contributed by atoms with Crippen LogP contribution in [0.25, 0.3) is 0 Å². The number of hydrogen-bond acceptors (Lipinski definition) is 1. The topological polar surface area (TPSA) is 46.3 Å². The maximum atomic E-state index is 12.6. The van der Waals surface area contributed by atoms with Gasteiger partial charge in [-0.05, 0) is 11.8 Å². The predicted molar refractivity (Wildman–Crippen MR) is 49.1 cm³/mol. The number of alkyl halides is 3. The first kappa shape index (κ1) is 12.1. The molecule has 1 aliphatic rings. The molecule has 0 bridgehead atoms. The Kier molecular flexibility index (Phi) is 2.89. The average Bonchev–Trinajstić information content (AvgIpc) is 1.99. The van der Waals surface area contributed by atoms with Crippen LogP contribution in [0.3, 0.4) is 0 Å². The standard InChI is InChI=1S/C9H15F3N2O/c1-8(2)5-14(7(13)15)4-3-6(8)9(10,11)12/h6H,3-5H2,1-2H3,(H2,13,15). The molecule has 2 amide bonds. The van der Waals surface area contributed by atoms with E-state index in [1.807, 2.05) is 0 Å². The monoisotopic (exact) mass is 224 g/mol. The van der Waals surface area contributed by atoms with Gasteiger partial charge in [0.05, 0.1) is 5.92 Å². The second-order valence-electron chi connectivity index (χ2n) is 4.63. The SMILES string of the molecule is CC1(C)CN(C(N)=O)CCC1C(F)(F)F. The molecule has 1 rings (SSSR count). The molecule has 1 heterocycles. The van der Waals surface area contributed by atoms with Crippen LogP contribution in [-0.2, 0) is 0 Å². The van der Waals surface area contributed by atoms with Gasteiger partial charge in [0.25, 0.3) is 0 Å². The molecule has 0 aromatic carbocycles. The molecule has 2 N–H and O–H groups in total. The zero-order valence-corrected chi connectivity index (χ0v) is 8.77. The van der Waals surface area contributed by atoms with Crippen LogP contribution >= 0.6 is 0 Å². The zero-order valence-electron chi connectivity index (χ0n) is 8.77. The number of halogens is 3. The summed E-state index contributed by atoms with van der Waals surface area (Å²) in [6, 6.07) is -0.649. The van der Waals surface area contributed by atoms with Crippen LogP contribution in [0, 0.1) is 11.3 Å². The Morgan fingerprint density at radius 2 is 2.00 bits per heavy atom. The number of primary amides is 1. The third-order valence-electron chi connectivity index (χ3n) is 2.94. The Balaban J connectivity index is 2.80. The van der Waals surface area contributed by atoms with Crippen LogP contribution < -0.4 is 5.73 Å². The summed E-state index contributed by atoms with van der Waals surface area (Å²) in [5.74, 6) is -1.36. The van der Waals surface area contributed by atoms with E-state index in [4.69, 9.17) is 5.73 Å². The minimum absolute atomic E-state index is 0.0620. The van der Waals surface area contributed by atoms with Crippen LogP contribution in [0.4, 0.5) is 18.0 Å². The van der Waals surface area contributed by atoms with Crippen molar-refractivity contribution in [1.82, 2.24) is 4.90 Å². The smallest absolute Gasteiger partial charge is 0.351 e. The average molecular weight is 224 g/mol. The van der Waals surface area contributed by atoms with Gasteiger partial charge in [-0.15, -0.1) is 0 Å². The normalized spacial score (nSPS) is 26.5. The van der Waals surface area contributed by atoms with Crippen LogP contribution in [0.5, 0.6) is 0 Å². The Hall–Kier alpha value is -0.940. The number of carbonyl (C=O) groups excluding carboxylic acids is 1. The molecule has 88 valence electrons. The van der Waals surface area contributed by atoms with E-state index in [2.05, 4.69) is 0 Å². The van der Waals surface area contributed by atoms with Gasteiger partial charge >= 0.3 is 12.2 Å². The first-order valence-corrected chi connectivity index (χ1v) is 4.75. The minimum atomic E-state index is -4.20. The second kappa shape index (κ2) is 3.57. The van der Waals surface area contributed by atoms with Gasteiger partial charge in [-0.1, -0.05) is 13.8 Å². The number of rotatable bonds is 0. The molecule has 1 atom stereocenters. The van der Waals surface area contributed by atoms with Gasteiger partial charge in [0, 0.05) is 13.1 Å². The lowest BCUT2D eigenvalue weighted by Crippen LogP contribution is -2.53. The largest absolute Gasteiger partial charge is 0.392 e. The Bertz CT molecular complexity index is 263. The molecule has 0 radical (unpaired) electrons. The maximum Gasteiger partial charge on any atom is 0.392 e. The van der Waals surface area contributed by atoms with Crippen molar-refractivity contribution in [2.45, 2.75) is 26.4 Å². The molecular formula is C9H15F3N2O. The fraction of sp³-hybridized carbons (Fsp3) is 0.889. The van der Waals surface area contributed by atoms with Crippen LogP contribution in [0.1, 0.15) is 20.3 Å². The van der Waals surface area contributed by atoms with Gasteiger partial charge in [-0.2, -0.15) is 13.2 Å². The molecule has 15 heavy (non-hydrogen) atoms. The summed E-state index contributed by atoms with van der Waals surface area (Å²) in [6.07, 6.45) is -4.27. The lowest BCUT2D eigenvalue weighted by atomic mass is 9.73.